The van der Waals surface area contributed by atoms with Crippen LogP contribution in [0.25, 0.3) is 0 Å². The van der Waals surface area contributed by atoms with Crippen molar-refractivity contribution < 1.29 is 24.2 Å². The fraction of sp³-hybridized carbons (Fsp3) is 0.467. The van der Waals surface area contributed by atoms with Gasteiger partial charge in [0, 0.05) is 44.2 Å². The Morgan fingerprint density at radius 2 is 2.09 bits per heavy atom. The second-order valence-electron chi connectivity index (χ2n) is 5.04. The van der Waals surface area contributed by atoms with Crippen molar-refractivity contribution in [3.8, 4) is 11.5 Å². The SMILES string of the molecule is COc1cc(OC)c(CN2CCNC(=O)CC2)c(C(=O)O)c1. The molecular weight excluding hydrogens is 288 g/mol. The Bertz CT molecular complexity index is 573. The minimum absolute atomic E-state index is 0.0163. The molecule has 22 heavy (non-hydrogen) atoms. The summed E-state index contributed by atoms with van der Waals surface area (Å²) in [5, 5.41) is 12.2. The molecule has 2 N–H and O–H groups in total. The zero-order chi connectivity index (χ0) is 16.1. The van der Waals surface area contributed by atoms with Crippen molar-refractivity contribution >= 4 is 11.9 Å². The quantitative estimate of drug-likeness (QED) is 0.833. The molecule has 0 unspecified atom stereocenters. The average molecular weight is 308 g/mol. The molecule has 1 heterocycles. The molecule has 0 atom stereocenters. The van der Waals surface area contributed by atoms with E-state index in [-0.39, 0.29) is 11.5 Å². The van der Waals surface area contributed by atoms with Gasteiger partial charge < -0.3 is 19.9 Å². The number of hydrogen-bond acceptors (Lipinski definition) is 5. The molecule has 1 aromatic rings. The molecule has 7 nitrogen and oxygen atoms in total. The minimum Gasteiger partial charge on any atom is -0.497 e. The lowest BCUT2D eigenvalue weighted by Gasteiger charge is -2.22. The maximum absolute atomic E-state index is 11.5. The van der Waals surface area contributed by atoms with Gasteiger partial charge in [-0.25, -0.2) is 4.79 Å². The van der Waals surface area contributed by atoms with Crippen LogP contribution in [-0.4, -0.2) is 55.7 Å². The van der Waals surface area contributed by atoms with Gasteiger partial charge in [-0.1, -0.05) is 0 Å². The van der Waals surface area contributed by atoms with Gasteiger partial charge in [0.25, 0.3) is 0 Å². The van der Waals surface area contributed by atoms with Gasteiger partial charge in [0.1, 0.15) is 11.5 Å². The fourth-order valence-corrected chi connectivity index (χ4v) is 2.47. The monoisotopic (exact) mass is 308 g/mol. The molecule has 120 valence electrons. The van der Waals surface area contributed by atoms with Crippen molar-refractivity contribution in [2.24, 2.45) is 0 Å². The highest BCUT2D eigenvalue weighted by atomic mass is 16.5. The van der Waals surface area contributed by atoms with E-state index in [2.05, 4.69) is 5.32 Å². The summed E-state index contributed by atoms with van der Waals surface area (Å²) < 4.78 is 10.4. The number of amides is 1. The summed E-state index contributed by atoms with van der Waals surface area (Å²) >= 11 is 0. The summed E-state index contributed by atoms with van der Waals surface area (Å²) in [6, 6.07) is 3.16. The molecule has 2 rings (SSSR count). The van der Waals surface area contributed by atoms with Gasteiger partial charge in [0.15, 0.2) is 0 Å². The number of carboxylic acids is 1. The molecular formula is C15H20N2O5. The third kappa shape index (κ3) is 3.67. The standard InChI is InChI=1S/C15H20N2O5/c1-21-10-7-11(15(19)20)12(13(8-10)22-2)9-17-5-3-14(18)16-4-6-17/h7-8H,3-6,9H2,1-2H3,(H,16,18)(H,19,20). The lowest BCUT2D eigenvalue weighted by atomic mass is 10.0. The first-order valence-electron chi connectivity index (χ1n) is 7.02. The van der Waals surface area contributed by atoms with Gasteiger partial charge in [0.2, 0.25) is 5.91 Å². The molecule has 0 aromatic heterocycles. The van der Waals surface area contributed by atoms with Gasteiger partial charge in [0.05, 0.1) is 19.8 Å². The third-order valence-electron chi connectivity index (χ3n) is 3.66. The van der Waals surface area contributed by atoms with Crippen LogP contribution in [0.3, 0.4) is 0 Å². The maximum atomic E-state index is 11.5. The summed E-state index contributed by atoms with van der Waals surface area (Å²) in [6.45, 7) is 2.21. The normalized spacial score (nSPS) is 15.8. The number of nitrogens with zero attached hydrogens (tertiary/aromatic N) is 1. The Labute approximate surface area is 128 Å². The maximum Gasteiger partial charge on any atom is 0.336 e. The number of carbonyl (C=O) groups is 2. The van der Waals surface area contributed by atoms with Gasteiger partial charge in [-0.15, -0.1) is 0 Å². The van der Waals surface area contributed by atoms with E-state index in [0.717, 1.165) is 0 Å². The molecule has 0 spiro atoms. The van der Waals surface area contributed by atoms with Crippen LogP contribution in [0.5, 0.6) is 11.5 Å². The van der Waals surface area contributed by atoms with Crippen LogP contribution in [0.2, 0.25) is 0 Å². The number of rotatable bonds is 5. The Morgan fingerprint density at radius 3 is 2.73 bits per heavy atom. The number of aromatic carboxylic acids is 1. The summed E-state index contributed by atoms with van der Waals surface area (Å²) in [5.74, 6) is -0.107. The number of carboxylic acid groups (broad SMARTS) is 1. The molecule has 1 aromatic carbocycles. The van der Waals surface area contributed by atoms with Crippen LogP contribution in [0.1, 0.15) is 22.3 Å². The van der Waals surface area contributed by atoms with E-state index in [1.807, 2.05) is 4.90 Å². The van der Waals surface area contributed by atoms with Crippen molar-refractivity contribution in [2.45, 2.75) is 13.0 Å². The second kappa shape index (κ2) is 7.13. The summed E-state index contributed by atoms with van der Waals surface area (Å²) in [6.07, 6.45) is 0.404. The highest BCUT2D eigenvalue weighted by Crippen LogP contribution is 2.30. The van der Waals surface area contributed by atoms with E-state index in [9.17, 15) is 14.7 Å². The first-order chi connectivity index (χ1) is 10.5. The first kappa shape index (κ1) is 16.1. The Balaban J connectivity index is 2.31. The topological polar surface area (TPSA) is 88.1 Å². The number of carbonyl (C=O) groups excluding carboxylic acids is 1. The highest BCUT2D eigenvalue weighted by molar-refractivity contribution is 5.91. The molecule has 7 heteroatoms. The van der Waals surface area contributed by atoms with Crippen LogP contribution in [0.15, 0.2) is 12.1 Å². The Hall–Kier alpha value is -2.28. The number of methoxy groups -OCH3 is 2. The van der Waals surface area contributed by atoms with E-state index in [0.29, 0.717) is 49.7 Å². The summed E-state index contributed by atoms with van der Waals surface area (Å²) in [5.41, 5.74) is 0.741. The van der Waals surface area contributed by atoms with E-state index < -0.39 is 5.97 Å². The first-order valence-corrected chi connectivity index (χ1v) is 7.02. The highest BCUT2D eigenvalue weighted by Gasteiger charge is 2.21. The van der Waals surface area contributed by atoms with E-state index >= 15 is 0 Å². The third-order valence-corrected chi connectivity index (χ3v) is 3.66. The molecule has 0 bridgehead atoms. The van der Waals surface area contributed by atoms with Crippen molar-refractivity contribution in [3.05, 3.63) is 23.3 Å². The van der Waals surface area contributed by atoms with E-state index in [4.69, 9.17) is 9.47 Å². The van der Waals surface area contributed by atoms with Crippen molar-refractivity contribution in [1.82, 2.24) is 10.2 Å². The summed E-state index contributed by atoms with van der Waals surface area (Å²) in [4.78, 5) is 24.9. The minimum atomic E-state index is -1.03. The van der Waals surface area contributed by atoms with Gasteiger partial charge in [-0.05, 0) is 6.07 Å². The van der Waals surface area contributed by atoms with Crippen molar-refractivity contribution in [2.75, 3.05) is 33.9 Å². The molecule has 1 aliphatic rings. The second-order valence-corrected chi connectivity index (χ2v) is 5.04. The van der Waals surface area contributed by atoms with E-state index in [1.54, 1.807) is 6.07 Å². The molecule has 1 amide bonds. The fourth-order valence-electron chi connectivity index (χ4n) is 2.47. The van der Waals surface area contributed by atoms with E-state index in [1.165, 1.54) is 20.3 Å². The number of ether oxygens (including phenoxy) is 2. The van der Waals surface area contributed by atoms with Gasteiger partial charge >= 0.3 is 5.97 Å². The van der Waals surface area contributed by atoms with Crippen molar-refractivity contribution in [3.63, 3.8) is 0 Å². The smallest absolute Gasteiger partial charge is 0.336 e. The number of nitrogens with one attached hydrogen (secondary N) is 1. The Kier molecular flexibility index (Phi) is 5.21. The largest absolute Gasteiger partial charge is 0.497 e. The lowest BCUT2D eigenvalue weighted by molar-refractivity contribution is -0.120. The predicted octanol–water partition coefficient (Wildman–Crippen LogP) is 0.724. The van der Waals surface area contributed by atoms with Gasteiger partial charge in [-0.3, -0.25) is 9.69 Å². The van der Waals surface area contributed by atoms with Crippen LogP contribution >= 0.6 is 0 Å². The molecule has 0 radical (unpaired) electrons. The van der Waals surface area contributed by atoms with Gasteiger partial charge in [-0.2, -0.15) is 0 Å². The lowest BCUT2D eigenvalue weighted by Crippen LogP contribution is -2.29. The number of hydrogen-bond donors (Lipinski definition) is 2. The van der Waals surface area contributed by atoms with Crippen molar-refractivity contribution in [1.29, 1.82) is 0 Å². The summed E-state index contributed by atoms with van der Waals surface area (Å²) in [7, 11) is 2.98. The molecule has 0 saturated carbocycles. The zero-order valence-electron chi connectivity index (χ0n) is 12.7. The zero-order valence-corrected chi connectivity index (χ0v) is 12.7. The molecule has 1 fully saturated rings. The Morgan fingerprint density at radius 1 is 1.32 bits per heavy atom. The van der Waals surface area contributed by atoms with Crippen LogP contribution in [0, 0.1) is 0 Å². The molecule has 0 aliphatic carbocycles. The molecule has 1 aliphatic heterocycles. The van der Waals surface area contributed by atoms with Crippen LogP contribution < -0.4 is 14.8 Å². The van der Waals surface area contributed by atoms with Crippen LogP contribution in [-0.2, 0) is 11.3 Å². The van der Waals surface area contributed by atoms with Crippen LogP contribution in [0.4, 0.5) is 0 Å². The predicted molar refractivity (Wildman–Crippen MR) is 79.4 cm³/mol. The molecule has 1 saturated heterocycles. The average Bonchev–Trinajstić information content (AvgIpc) is 2.71. The number of benzene rings is 1.